The summed E-state index contributed by atoms with van der Waals surface area (Å²) in [5.41, 5.74) is 1.38. The lowest BCUT2D eigenvalue weighted by atomic mass is 10.1. The van der Waals surface area contributed by atoms with Gasteiger partial charge in [-0.2, -0.15) is 0 Å². The molecule has 1 N–H and O–H groups in total. The minimum absolute atomic E-state index is 0.133. The second-order valence-electron chi connectivity index (χ2n) is 4.99. The molecule has 21 heavy (non-hydrogen) atoms. The van der Waals surface area contributed by atoms with Crippen molar-refractivity contribution in [3.8, 4) is 10.6 Å². The number of aromatic nitrogens is 1. The normalized spacial score (nSPS) is 17.9. The molecule has 4 nitrogen and oxygen atoms in total. The first-order valence-electron chi connectivity index (χ1n) is 6.80. The number of halogens is 1. The molecule has 3 rings (SSSR count). The largest absolute Gasteiger partial charge is 0.381 e. The number of hydrogen-bond acceptors (Lipinski definition) is 4. The van der Waals surface area contributed by atoms with Crippen molar-refractivity contribution in [1.82, 2.24) is 10.3 Å². The molecule has 1 amide bonds. The summed E-state index contributed by atoms with van der Waals surface area (Å²) < 4.78 is 5.29. The van der Waals surface area contributed by atoms with Gasteiger partial charge in [0.1, 0.15) is 10.7 Å². The van der Waals surface area contributed by atoms with E-state index in [0.29, 0.717) is 23.2 Å². The monoisotopic (exact) mass is 322 g/mol. The van der Waals surface area contributed by atoms with Gasteiger partial charge in [-0.15, -0.1) is 11.3 Å². The molecule has 1 saturated heterocycles. The number of carbonyl (C=O) groups is 1. The summed E-state index contributed by atoms with van der Waals surface area (Å²) in [6.45, 7) is 2.16. The molecule has 0 aliphatic carbocycles. The van der Waals surface area contributed by atoms with Crippen LogP contribution in [0.2, 0.25) is 5.02 Å². The molecule has 2 aromatic rings. The molecule has 110 valence electrons. The second kappa shape index (κ2) is 6.56. The second-order valence-corrected chi connectivity index (χ2v) is 6.28. The number of amides is 1. The first-order valence-corrected chi connectivity index (χ1v) is 8.05. The van der Waals surface area contributed by atoms with Crippen LogP contribution in [0.1, 0.15) is 16.9 Å². The number of ether oxygens (including phenoxy) is 1. The first kappa shape index (κ1) is 14.5. The van der Waals surface area contributed by atoms with Crippen LogP contribution in [0.15, 0.2) is 29.6 Å². The summed E-state index contributed by atoms with van der Waals surface area (Å²) in [6.07, 6.45) is 1.01. The Kier molecular flexibility index (Phi) is 4.53. The fraction of sp³-hybridized carbons (Fsp3) is 0.333. The van der Waals surface area contributed by atoms with Crippen molar-refractivity contribution in [2.75, 3.05) is 19.8 Å². The molecule has 0 radical (unpaired) electrons. The Morgan fingerprint density at radius 3 is 3.19 bits per heavy atom. The van der Waals surface area contributed by atoms with Crippen LogP contribution in [0, 0.1) is 5.92 Å². The number of hydrogen-bond donors (Lipinski definition) is 1. The van der Waals surface area contributed by atoms with Crippen LogP contribution in [0.5, 0.6) is 0 Å². The van der Waals surface area contributed by atoms with Crippen molar-refractivity contribution < 1.29 is 9.53 Å². The topological polar surface area (TPSA) is 51.2 Å². The smallest absolute Gasteiger partial charge is 0.270 e. The highest BCUT2D eigenvalue weighted by Gasteiger charge is 2.18. The maximum atomic E-state index is 12.1. The minimum Gasteiger partial charge on any atom is -0.381 e. The molecule has 1 atom stereocenters. The highest BCUT2D eigenvalue weighted by Crippen LogP contribution is 2.26. The zero-order chi connectivity index (χ0) is 14.7. The molecule has 1 aliphatic rings. The average Bonchev–Trinajstić information content (AvgIpc) is 3.16. The van der Waals surface area contributed by atoms with Gasteiger partial charge in [0, 0.05) is 35.0 Å². The Labute approximate surface area is 132 Å². The number of thiazole rings is 1. The number of nitrogens with one attached hydrogen (secondary N) is 1. The summed E-state index contributed by atoms with van der Waals surface area (Å²) in [4.78, 5) is 16.5. The predicted molar refractivity (Wildman–Crippen MR) is 83.8 cm³/mol. The zero-order valence-electron chi connectivity index (χ0n) is 11.3. The fourth-order valence-corrected chi connectivity index (χ4v) is 3.19. The summed E-state index contributed by atoms with van der Waals surface area (Å²) in [5.74, 6) is 0.284. The number of nitrogens with zero attached hydrogens (tertiary/aromatic N) is 1. The van der Waals surface area contributed by atoms with Gasteiger partial charge in [-0.25, -0.2) is 4.98 Å². The third-order valence-electron chi connectivity index (χ3n) is 3.38. The van der Waals surface area contributed by atoms with Crippen LogP contribution in [0.4, 0.5) is 0 Å². The van der Waals surface area contributed by atoms with E-state index in [4.69, 9.17) is 16.3 Å². The van der Waals surface area contributed by atoms with Gasteiger partial charge in [-0.1, -0.05) is 23.7 Å². The molecular formula is C15H15ClN2O2S. The summed E-state index contributed by atoms with van der Waals surface area (Å²) in [5, 5.41) is 6.15. The molecule has 0 saturated carbocycles. The van der Waals surface area contributed by atoms with E-state index in [1.54, 1.807) is 5.38 Å². The maximum absolute atomic E-state index is 12.1. The van der Waals surface area contributed by atoms with Crippen LogP contribution < -0.4 is 5.32 Å². The van der Waals surface area contributed by atoms with E-state index in [2.05, 4.69) is 10.3 Å². The van der Waals surface area contributed by atoms with Crippen LogP contribution >= 0.6 is 22.9 Å². The summed E-state index contributed by atoms with van der Waals surface area (Å²) in [7, 11) is 0. The Bertz CT molecular complexity index is 638. The fourth-order valence-electron chi connectivity index (χ4n) is 2.20. The molecule has 1 aliphatic heterocycles. The van der Waals surface area contributed by atoms with E-state index in [9.17, 15) is 4.79 Å². The minimum atomic E-state index is -0.133. The molecule has 0 unspecified atom stereocenters. The Hall–Kier alpha value is -1.43. The van der Waals surface area contributed by atoms with Crippen molar-refractivity contribution in [2.24, 2.45) is 5.92 Å². The lowest BCUT2D eigenvalue weighted by Crippen LogP contribution is -2.29. The van der Waals surface area contributed by atoms with E-state index in [1.807, 2.05) is 24.3 Å². The standard InChI is InChI=1S/C15H15ClN2O2S/c16-12-3-1-2-11(6-12)15-18-13(9-21-15)14(19)17-7-10-4-5-20-8-10/h1-3,6,9-10H,4-5,7-8H2,(H,17,19)/t10-/m0/s1. The molecule has 1 aromatic carbocycles. The van der Waals surface area contributed by atoms with E-state index < -0.39 is 0 Å². The predicted octanol–water partition coefficient (Wildman–Crippen LogP) is 3.23. The Morgan fingerprint density at radius 1 is 1.52 bits per heavy atom. The Morgan fingerprint density at radius 2 is 2.43 bits per heavy atom. The summed E-state index contributed by atoms with van der Waals surface area (Å²) in [6, 6.07) is 7.47. The third-order valence-corrected chi connectivity index (χ3v) is 4.51. The van der Waals surface area contributed by atoms with Crippen molar-refractivity contribution >= 4 is 28.8 Å². The van der Waals surface area contributed by atoms with Crippen molar-refractivity contribution in [3.05, 3.63) is 40.4 Å². The van der Waals surface area contributed by atoms with Crippen molar-refractivity contribution in [1.29, 1.82) is 0 Å². The molecule has 0 bridgehead atoms. The maximum Gasteiger partial charge on any atom is 0.270 e. The number of carbonyl (C=O) groups excluding carboxylic acids is 1. The van der Waals surface area contributed by atoms with E-state index in [-0.39, 0.29) is 5.91 Å². The highest BCUT2D eigenvalue weighted by atomic mass is 35.5. The van der Waals surface area contributed by atoms with Gasteiger partial charge in [0.15, 0.2) is 0 Å². The highest BCUT2D eigenvalue weighted by molar-refractivity contribution is 7.13. The van der Waals surface area contributed by atoms with Crippen molar-refractivity contribution in [2.45, 2.75) is 6.42 Å². The van der Waals surface area contributed by atoms with E-state index in [1.165, 1.54) is 11.3 Å². The van der Waals surface area contributed by atoms with Crippen LogP contribution in [-0.4, -0.2) is 30.6 Å². The Balaban J connectivity index is 1.65. The summed E-state index contributed by atoms with van der Waals surface area (Å²) >= 11 is 7.41. The average molecular weight is 323 g/mol. The van der Waals surface area contributed by atoms with E-state index >= 15 is 0 Å². The number of rotatable bonds is 4. The number of benzene rings is 1. The lowest BCUT2D eigenvalue weighted by Gasteiger charge is -2.07. The van der Waals surface area contributed by atoms with Crippen LogP contribution in [0.3, 0.4) is 0 Å². The van der Waals surface area contributed by atoms with Gasteiger partial charge in [-0.3, -0.25) is 4.79 Å². The molecule has 6 heteroatoms. The molecule has 1 fully saturated rings. The van der Waals surface area contributed by atoms with Crippen LogP contribution in [0.25, 0.3) is 10.6 Å². The zero-order valence-corrected chi connectivity index (χ0v) is 12.9. The van der Waals surface area contributed by atoms with Crippen LogP contribution in [-0.2, 0) is 4.74 Å². The molecule has 0 spiro atoms. The SMILES string of the molecule is O=C(NC[C@@H]1CCOC1)c1csc(-c2cccc(Cl)c2)n1. The first-order chi connectivity index (χ1) is 10.2. The third kappa shape index (κ3) is 3.61. The molecular weight excluding hydrogens is 308 g/mol. The molecule has 1 aromatic heterocycles. The van der Waals surface area contributed by atoms with E-state index in [0.717, 1.165) is 30.2 Å². The quantitative estimate of drug-likeness (QED) is 0.940. The van der Waals surface area contributed by atoms with Gasteiger partial charge >= 0.3 is 0 Å². The van der Waals surface area contributed by atoms with Crippen molar-refractivity contribution in [3.63, 3.8) is 0 Å². The van der Waals surface area contributed by atoms with Gasteiger partial charge in [0.25, 0.3) is 5.91 Å². The van der Waals surface area contributed by atoms with Gasteiger partial charge < -0.3 is 10.1 Å². The lowest BCUT2D eigenvalue weighted by molar-refractivity contribution is 0.0941. The van der Waals surface area contributed by atoms with Gasteiger partial charge in [0.2, 0.25) is 0 Å². The van der Waals surface area contributed by atoms with Gasteiger partial charge in [0.05, 0.1) is 6.61 Å². The van der Waals surface area contributed by atoms with Gasteiger partial charge in [-0.05, 0) is 18.6 Å². The molecule has 2 heterocycles.